The number of aromatic nitrogens is 3. The molecule has 1 fully saturated rings. The Hall–Kier alpha value is -2.40. The molecule has 0 radical (unpaired) electrons. The number of fused-ring (bicyclic) bond motifs is 1. The van der Waals surface area contributed by atoms with E-state index in [9.17, 15) is 5.11 Å². The van der Waals surface area contributed by atoms with Gasteiger partial charge in [0.25, 0.3) is 0 Å². The van der Waals surface area contributed by atoms with Crippen LogP contribution in [0.25, 0.3) is 22.4 Å². The lowest BCUT2D eigenvalue weighted by Crippen LogP contribution is -2.21. The van der Waals surface area contributed by atoms with Gasteiger partial charge in [-0.15, -0.1) is 0 Å². The quantitative estimate of drug-likeness (QED) is 0.676. The summed E-state index contributed by atoms with van der Waals surface area (Å²) in [6, 6.07) is 9.89. The van der Waals surface area contributed by atoms with Crippen LogP contribution in [-0.4, -0.2) is 32.7 Å². The molecule has 0 spiro atoms. The molecular formula is C17H18N4O. The lowest BCUT2D eigenvalue weighted by atomic mass is 10.2. The maximum atomic E-state index is 9.93. The normalized spacial score (nSPS) is 15.9. The number of rotatable bonds is 5. The molecule has 1 saturated carbocycles. The highest BCUT2D eigenvalue weighted by molar-refractivity contribution is 5.82. The zero-order valence-corrected chi connectivity index (χ0v) is 12.2. The van der Waals surface area contributed by atoms with Gasteiger partial charge in [0, 0.05) is 30.2 Å². The van der Waals surface area contributed by atoms with Crippen molar-refractivity contribution in [2.24, 2.45) is 5.92 Å². The molecular weight excluding hydrogens is 276 g/mol. The van der Waals surface area contributed by atoms with E-state index in [1.807, 2.05) is 30.3 Å². The molecule has 1 aliphatic carbocycles. The summed E-state index contributed by atoms with van der Waals surface area (Å²) in [5.74, 6) is 1.33. The molecule has 5 nitrogen and oxygen atoms in total. The van der Waals surface area contributed by atoms with Gasteiger partial charge in [-0.05, 0) is 49.1 Å². The van der Waals surface area contributed by atoms with Gasteiger partial charge < -0.3 is 15.4 Å². The Labute approximate surface area is 128 Å². The summed E-state index contributed by atoms with van der Waals surface area (Å²) in [6.07, 6.45) is 5.57. The molecule has 0 amide bonds. The van der Waals surface area contributed by atoms with Gasteiger partial charge >= 0.3 is 0 Å². The highest BCUT2D eigenvalue weighted by atomic mass is 16.3. The lowest BCUT2D eigenvalue weighted by molar-refractivity contribution is 0.164. The number of hydrogen-bond donors (Lipinski definition) is 3. The number of nitrogens with one attached hydrogen (secondary N) is 2. The van der Waals surface area contributed by atoms with Crippen LogP contribution >= 0.6 is 0 Å². The minimum Gasteiger partial charge on any atom is -0.391 e. The number of aliphatic hydroxyl groups excluding tert-OH is 1. The highest BCUT2D eigenvalue weighted by Crippen LogP contribution is 2.32. The third-order valence-electron chi connectivity index (χ3n) is 4.12. The van der Waals surface area contributed by atoms with Gasteiger partial charge in [0.2, 0.25) is 0 Å². The Morgan fingerprint density at radius 2 is 2.05 bits per heavy atom. The van der Waals surface area contributed by atoms with Crippen molar-refractivity contribution in [3.05, 3.63) is 42.7 Å². The topological polar surface area (TPSA) is 73.8 Å². The monoisotopic (exact) mass is 294 g/mol. The molecule has 3 N–H and O–H groups in total. The van der Waals surface area contributed by atoms with Crippen LogP contribution in [0.5, 0.6) is 0 Å². The van der Waals surface area contributed by atoms with Crippen LogP contribution in [0, 0.1) is 5.92 Å². The van der Waals surface area contributed by atoms with Crippen molar-refractivity contribution >= 4 is 16.7 Å². The minimum atomic E-state index is -0.246. The number of aliphatic hydroxyl groups is 1. The van der Waals surface area contributed by atoms with Crippen molar-refractivity contribution in [1.82, 2.24) is 15.0 Å². The summed E-state index contributed by atoms with van der Waals surface area (Å²) >= 11 is 0. The molecule has 2 heterocycles. The smallest absolute Gasteiger partial charge is 0.138 e. The fourth-order valence-corrected chi connectivity index (χ4v) is 2.64. The Morgan fingerprint density at radius 3 is 2.82 bits per heavy atom. The van der Waals surface area contributed by atoms with Gasteiger partial charge in [-0.3, -0.25) is 4.98 Å². The fraction of sp³-hybridized carbons (Fsp3) is 0.294. The number of H-pyrrole nitrogens is 1. The average molecular weight is 294 g/mol. The molecule has 1 aliphatic rings. The van der Waals surface area contributed by atoms with E-state index in [2.05, 4.69) is 20.3 Å². The third-order valence-corrected chi connectivity index (χ3v) is 4.12. The third kappa shape index (κ3) is 2.67. The zero-order valence-electron chi connectivity index (χ0n) is 12.2. The molecule has 1 unspecified atom stereocenters. The van der Waals surface area contributed by atoms with Gasteiger partial charge in [-0.1, -0.05) is 0 Å². The number of anilines is 1. The van der Waals surface area contributed by atoms with E-state index in [0.717, 1.165) is 41.0 Å². The number of pyridine rings is 1. The summed E-state index contributed by atoms with van der Waals surface area (Å²) < 4.78 is 0. The maximum absolute atomic E-state index is 9.93. The van der Waals surface area contributed by atoms with Crippen LogP contribution in [0.2, 0.25) is 0 Å². The summed E-state index contributed by atoms with van der Waals surface area (Å²) in [4.78, 5) is 12.0. The number of benzene rings is 1. The van der Waals surface area contributed by atoms with Crippen molar-refractivity contribution in [2.45, 2.75) is 18.9 Å². The number of imidazole rings is 1. The average Bonchev–Trinajstić information content (AvgIpc) is 3.32. The molecule has 3 aromatic rings. The first-order valence-corrected chi connectivity index (χ1v) is 7.62. The van der Waals surface area contributed by atoms with Gasteiger partial charge in [0.05, 0.1) is 17.1 Å². The molecule has 1 atom stereocenters. The van der Waals surface area contributed by atoms with Crippen molar-refractivity contribution in [3.8, 4) is 11.4 Å². The van der Waals surface area contributed by atoms with Crippen LogP contribution < -0.4 is 5.32 Å². The lowest BCUT2D eigenvalue weighted by Gasteiger charge is -2.11. The summed E-state index contributed by atoms with van der Waals surface area (Å²) in [5, 5.41) is 13.2. The Kier molecular flexibility index (Phi) is 3.27. The SMILES string of the molecule is OC(CNc1ccc2nc(-c3ccncc3)[nH]c2c1)C1CC1. The molecule has 1 aromatic carbocycles. The number of hydrogen-bond acceptors (Lipinski definition) is 4. The molecule has 0 aliphatic heterocycles. The van der Waals surface area contributed by atoms with Crippen LogP contribution in [0.4, 0.5) is 5.69 Å². The Bertz CT molecular complexity index is 780. The Balaban J connectivity index is 1.55. The molecule has 2 aromatic heterocycles. The molecule has 22 heavy (non-hydrogen) atoms. The molecule has 0 bridgehead atoms. The van der Waals surface area contributed by atoms with Gasteiger partial charge in [0.15, 0.2) is 0 Å². The van der Waals surface area contributed by atoms with E-state index in [0.29, 0.717) is 12.5 Å². The minimum absolute atomic E-state index is 0.246. The van der Waals surface area contributed by atoms with Crippen LogP contribution in [0.15, 0.2) is 42.7 Å². The molecule has 5 heteroatoms. The van der Waals surface area contributed by atoms with Crippen molar-refractivity contribution in [2.75, 3.05) is 11.9 Å². The van der Waals surface area contributed by atoms with E-state index >= 15 is 0 Å². The maximum Gasteiger partial charge on any atom is 0.138 e. The van der Waals surface area contributed by atoms with Gasteiger partial charge in [0.1, 0.15) is 5.82 Å². The van der Waals surface area contributed by atoms with Crippen molar-refractivity contribution in [1.29, 1.82) is 0 Å². The first-order valence-electron chi connectivity index (χ1n) is 7.62. The molecule has 112 valence electrons. The van der Waals surface area contributed by atoms with Crippen LogP contribution in [0.3, 0.4) is 0 Å². The number of nitrogens with zero attached hydrogens (tertiary/aromatic N) is 2. The van der Waals surface area contributed by atoms with E-state index in [-0.39, 0.29) is 6.10 Å². The van der Waals surface area contributed by atoms with E-state index in [1.54, 1.807) is 12.4 Å². The fourth-order valence-electron chi connectivity index (χ4n) is 2.64. The summed E-state index contributed by atoms with van der Waals surface area (Å²) in [6.45, 7) is 0.599. The molecule has 0 saturated heterocycles. The summed E-state index contributed by atoms with van der Waals surface area (Å²) in [5.41, 5.74) is 3.93. The number of aromatic amines is 1. The zero-order chi connectivity index (χ0) is 14.9. The standard InChI is InChI=1S/C17H18N4O/c22-16(11-1-2-11)10-19-13-3-4-14-15(9-13)21-17(20-14)12-5-7-18-8-6-12/h3-9,11,16,19,22H,1-2,10H2,(H,20,21). The molecule has 4 rings (SSSR count). The second kappa shape index (κ2) is 5.42. The predicted octanol–water partition coefficient (Wildman–Crippen LogP) is 2.81. The van der Waals surface area contributed by atoms with Crippen LogP contribution in [-0.2, 0) is 0 Å². The van der Waals surface area contributed by atoms with E-state index in [4.69, 9.17) is 0 Å². The van der Waals surface area contributed by atoms with Gasteiger partial charge in [-0.25, -0.2) is 4.98 Å². The first-order chi connectivity index (χ1) is 10.8. The second-order valence-corrected chi connectivity index (χ2v) is 5.84. The van der Waals surface area contributed by atoms with Gasteiger partial charge in [-0.2, -0.15) is 0 Å². The first kappa shape index (κ1) is 13.3. The largest absolute Gasteiger partial charge is 0.391 e. The van der Waals surface area contributed by atoms with E-state index in [1.165, 1.54) is 0 Å². The second-order valence-electron chi connectivity index (χ2n) is 5.84. The summed E-state index contributed by atoms with van der Waals surface area (Å²) in [7, 11) is 0. The highest BCUT2D eigenvalue weighted by Gasteiger charge is 2.29. The predicted molar refractivity (Wildman–Crippen MR) is 86.5 cm³/mol. The van der Waals surface area contributed by atoms with Crippen molar-refractivity contribution in [3.63, 3.8) is 0 Å². The van der Waals surface area contributed by atoms with Crippen molar-refractivity contribution < 1.29 is 5.11 Å². The van der Waals surface area contributed by atoms with Crippen LogP contribution in [0.1, 0.15) is 12.8 Å². The van der Waals surface area contributed by atoms with E-state index < -0.39 is 0 Å². The Morgan fingerprint density at radius 1 is 1.23 bits per heavy atom.